The maximum Gasteiger partial charge on any atom is 0.341 e. The second kappa shape index (κ2) is 11.0. The third-order valence-corrected chi connectivity index (χ3v) is 6.39. The highest BCUT2D eigenvalue weighted by Crippen LogP contribution is 2.40. The van der Waals surface area contributed by atoms with E-state index in [0.29, 0.717) is 35.7 Å². The van der Waals surface area contributed by atoms with Crippen molar-refractivity contribution in [1.29, 1.82) is 0 Å². The van der Waals surface area contributed by atoms with Crippen molar-refractivity contribution in [2.24, 2.45) is 0 Å². The fraction of sp³-hybridized carbons (Fsp3) is 0.296. The van der Waals surface area contributed by atoms with E-state index in [-0.39, 0.29) is 17.7 Å². The number of aryl methyl sites for hydroxylation is 1. The summed E-state index contributed by atoms with van der Waals surface area (Å²) in [7, 11) is 0. The topological polar surface area (TPSA) is 49.8 Å². The van der Waals surface area contributed by atoms with E-state index >= 15 is 0 Å². The van der Waals surface area contributed by atoms with E-state index in [1.807, 2.05) is 12.1 Å². The number of rotatable bonds is 9. The molecule has 3 aromatic carbocycles. The maximum absolute atomic E-state index is 14.0. The van der Waals surface area contributed by atoms with Crippen LogP contribution in [0.15, 0.2) is 60.7 Å². The first-order valence-electron chi connectivity index (χ1n) is 11.3. The Morgan fingerprint density at radius 2 is 1.88 bits per heavy atom. The molecule has 1 N–H and O–H groups in total. The number of nitrogens with zero attached hydrogens (tertiary/aromatic N) is 1. The molecule has 0 spiro atoms. The number of carboxylic acids is 1. The summed E-state index contributed by atoms with van der Waals surface area (Å²) in [6, 6.07) is 16.4. The average molecular weight is 486 g/mol. The van der Waals surface area contributed by atoms with Gasteiger partial charge in [0.1, 0.15) is 17.4 Å². The summed E-state index contributed by atoms with van der Waals surface area (Å²) in [5.74, 6) is -1.11. The van der Waals surface area contributed by atoms with Crippen LogP contribution in [-0.4, -0.2) is 35.7 Å². The highest BCUT2D eigenvalue weighted by atomic mass is 35.5. The van der Waals surface area contributed by atoms with E-state index in [1.54, 1.807) is 36.4 Å². The lowest BCUT2D eigenvalue weighted by Crippen LogP contribution is -2.37. The molecule has 0 bridgehead atoms. The molecule has 4 rings (SSSR count). The van der Waals surface area contributed by atoms with Gasteiger partial charge in [-0.3, -0.25) is 4.90 Å². The second-order valence-corrected chi connectivity index (χ2v) is 8.88. The van der Waals surface area contributed by atoms with Gasteiger partial charge in [0.05, 0.1) is 6.04 Å². The standard InChI is InChI=1S/C27H26ClF2NO3/c28-20-8-11-25(34-17-26(32)33)23(16-20)27-22-10-9-21(29)15-19(22)12-14-31(27)13-4-3-6-18-5-1-2-7-24(18)30/h1-2,5,7-11,15-16,27H,3-4,6,12-14,17H2,(H,32,33). The van der Waals surface area contributed by atoms with E-state index in [1.165, 1.54) is 12.1 Å². The Morgan fingerprint density at radius 1 is 1.06 bits per heavy atom. The van der Waals surface area contributed by atoms with Crippen LogP contribution in [0.25, 0.3) is 0 Å². The van der Waals surface area contributed by atoms with Gasteiger partial charge in [0.15, 0.2) is 6.61 Å². The van der Waals surface area contributed by atoms with Crippen LogP contribution in [-0.2, 0) is 17.6 Å². The normalized spacial score (nSPS) is 15.7. The first-order chi connectivity index (χ1) is 16.4. The molecule has 7 heteroatoms. The van der Waals surface area contributed by atoms with E-state index in [2.05, 4.69) is 4.90 Å². The molecule has 1 aliphatic heterocycles. The molecule has 1 heterocycles. The lowest BCUT2D eigenvalue weighted by molar-refractivity contribution is -0.139. The molecule has 0 fully saturated rings. The van der Waals surface area contributed by atoms with Crippen LogP contribution in [0.5, 0.6) is 5.75 Å². The van der Waals surface area contributed by atoms with Crippen molar-refractivity contribution in [3.05, 3.63) is 99.6 Å². The molecule has 178 valence electrons. The molecule has 0 radical (unpaired) electrons. The summed E-state index contributed by atoms with van der Waals surface area (Å²) < 4.78 is 33.5. The summed E-state index contributed by atoms with van der Waals surface area (Å²) in [6.07, 6.45) is 3.01. The van der Waals surface area contributed by atoms with Crippen molar-refractivity contribution in [1.82, 2.24) is 4.90 Å². The molecule has 3 aromatic rings. The molecule has 4 nitrogen and oxygen atoms in total. The largest absolute Gasteiger partial charge is 0.482 e. The van der Waals surface area contributed by atoms with Crippen molar-refractivity contribution in [3.8, 4) is 5.75 Å². The van der Waals surface area contributed by atoms with Gasteiger partial charge in [0.25, 0.3) is 0 Å². The quantitative estimate of drug-likeness (QED) is 0.375. The Bertz CT molecular complexity index is 1170. The Balaban J connectivity index is 1.59. The number of hydrogen-bond donors (Lipinski definition) is 1. The van der Waals surface area contributed by atoms with Gasteiger partial charge >= 0.3 is 5.97 Å². The van der Waals surface area contributed by atoms with Gasteiger partial charge in [-0.15, -0.1) is 0 Å². The SMILES string of the molecule is O=C(O)COc1ccc(Cl)cc1C1c2ccc(F)cc2CCN1CCCCc1ccccc1F. The van der Waals surface area contributed by atoms with Crippen LogP contribution >= 0.6 is 11.6 Å². The van der Waals surface area contributed by atoms with Gasteiger partial charge < -0.3 is 9.84 Å². The van der Waals surface area contributed by atoms with Crippen molar-refractivity contribution in [2.75, 3.05) is 19.7 Å². The minimum Gasteiger partial charge on any atom is -0.482 e. The third kappa shape index (κ3) is 5.75. The van der Waals surface area contributed by atoms with Gasteiger partial charge in [-0.1, -0.05) is 35.9 Å². The molecule has 1 aliphatic rings. The van der Waals surface area contributed by atoms with Crippen molar-refractivity contribution in [2.45, 2.75) is 31.7 Å². The first-order valence-corrected chi connectivity index (χ1v) is 11.7. The number of ether oxygens (including phenoxy) is 1. The number of unbranched alkanes of at least 4 members (excludes halogenated alkanes) is 1. The smallest absolute Gasteiger partial charge is 0.341 e. The molecule has 1 atom stereocenters. The fourth-order valence-electron chi connectivity index (χ4n) is 4.59. The van der Waals surface area contributed by atoms with Crippen molar-refractivity contribution >= 4 is 17.6 Å². The molecule has 0 saturated carbocycles. The van der Waals surface area contributed by atoms with Crippen LogP contribution in [0.2, 0.25) is 5.02 Å². The number of fused-ring (bicyclic) bond motifs is 1. The van der Waals surface area contributed by atoms with Gasteiger partial charge in [0.2, 0.25) is 0 Å². The Hall–Kier alpha value is -2.96. The number of benzene rings is 3. The zero-order chi connectivity index (χ0) is 24.1. The second-order valence-electron chi connectivity index (χ2n) is 8.44. The van der Waals surface area contributed by atoms with Crippen LogP contribution in [0.4, 0.5) is 8.78 Å². The van der Waals surface area contributed by atoms with Crippen LogP contribution in [0, 0.1) is 11.6 Å². The highest BCUT2D eigenvalue weighted by Gasteiger charge is 2.31. The third-order valence-electron chi connectivity index (χ3n) is 6.15. The number of halogens is 3. The lowest BCUT2D eigenvalue weighted by Gasteiger charge is -2.38. The Kier molecular flexibility index (Phi) is 7.80. The highest BCUT2D eigenvalue weighted by molar-refractivity contribution is 6.30. The molecule has 0 aromatic heterocycles. The van der Waals surface area contributed by atoms with E-state index in [9.17, 15) is 13.6 Å². The van der Waals surface area contributed by atoms with E-state index in [4.69, 9.17) is 21.4 Å². The van der Waals surface area contributed by atoms with Crippen molar-refractivity contribution < 1.29 is 23.4 Å². The minimum absolute atomic E-state index is 0.187. The predicted molar refractivity (Wildman–Crippen MR) is 127 cm³/mol. The summed E-state index contributed by atoms with van der Waals surface area (Å²) >= 11 is 6.32. The summed E-state index contributed by atoms with van der Waals surface area (Å²) in [6.45, 7) is 0.965. The number of carbonyl (C=O) groups is 1. The predicted octanol–water partition coefficient (Wildman–Crippen LogP) is 6.05. The zero-order valence-electron chi connectivity index (χ0n) is 18.6. The molecule has 1 unspecified atom stereocenters. The molecular weight excluding hydrogens is 460 g/mol. The van der Waals surface area contributed by atoms with Gasteiger partial charge in [0, 0.05) is 17.1 Å². The number of carboxylic acid groups (broad SMARTS) is 1. The molecule has 0 saturated heterocycles. The van der Waals surface area contributed by atoms with Crippen LogP contribution < -0.4 is 4.74 Å². The van der Waals surface area contributed by atoms with Gasteiger partial charge in [-0.2, -0.15) is 0 Å². The zero-order valence-corrected chi connectivity index (χ0v) is 19.4. The monoisotopic (exact) mass is 485 g/mol. The van der Waals surface area contributed by atoms with Crippen LogP contribution in [0.1, 0.15) is 41.1 Å². The fourth-order valence-corrected chi connectivity index (χ4v) is 4.77. The number of aliphatic carboxylic acids is 1. The van der Waals surface area contributed by atoms with Crippen LogP contribution in [0.3, 0.4) is 0 Å². The van der Waals surface area contributed by atoms with Gasteiger partial charge in [-0.05, 0) is 85.3 Å². The molecular formula is C27H26ClF2NO3. The first kappa shape index (κ1) is 24.2. The van der Waals surface area contributed by atoms with E-state index in [0.717, 1.165) is 36.1 Å². The molecule has 34 heavy (non-hydrogen) atoms. The average Bonchev–Trinajstić information content (AvgIpc) is 2.81. The van der Waals surface area contributed by atoms with E-state index < -0.39 is 12.6 Å². The van der Waals surface area contributed by atoms with Crippen molar-refractivity contribution in [3.63, 3.8) is 0 Å². The maximum atomic E-state index is 14.0. The molecule has 0 amide bonds. The summed E-state index contributed by atoms with van der Waals surface area (Å²) in [5, 5.41) is 9.60. The Morgan fingerprint density at radius 3 is 2.68 bits per heavy atom. The molecule has 0 aliphatic carbocycles. The summed E-state index contributed by atoms with van der Waals surface area (Å²) in [5.41, 5.74) is 3.31. The lowest BCUT2D eigenvalue weighted by atomic mass is 9.87. The minimum atomic E-state index is -1.07. The summed E-state index contributed by atoms with van der Waals surface area (Å²) in [4.78, 5) is 13.4. The number of hydrogen-bond acceptors (Lipinski definition) is 3. The Labute approximate surface area is 202 Å². The van der Waals surface area contributed by atoms with Gasteiger partial charge in [-0.25, -0.2) is 13.6 Å².